The molecule has 32 heavy (non-hydrogen) atoms. The predicted molar refractivity (Wildman–Crippen MR) is 119 cm³/mol. The van der Waals surface area contributed by atoms with Gasteiger partial charge in [0.15, 0.2) is 5.58 Å². The zero-order chi connectivity index (χ0) is 22.3. The van der Waals surface area contributed by atoms with Crippen molar-refractivity contribution in [3.63, 3.8) is 0 Å². The number of hydrogen-bond acceptors (Lipinski definition) is 6. The lowest BCUT2D eigenvalue weighted by atomic mass is 9.91. The maximum Gasteiger partial charge on any atom is 0.310 e. The molecule has 0 spiro atoms. The highest BCUT2D eigenvalue weighted by Gasteiger charge is 2.24. The molecule has 3 aromatic rings. The van der Waals surface area contributed by atoms with Crippen molar-refractivity contribution < 1.29 is 23.2 Å². The van der Waals surface area contributed by atoms with Crippen molar-refractivity contribution in [1.82, 2.24) is 10.1 Å². The number of nitrogens with zero attached hydrogens (tertiary/aromatic N) is 2. The molecule has 4 rings (SSSR count). The largest absolute Gasteiger partial charge is 0.497 e. The molecule has 0 saturated carbocycles. The van der Waals surface area contributed by atoms with Crippen molar-refractivity contribution in [3.05, 3.63) is 71.7 Å². The number of rotatable bonds is 8. The van der Waals surface area contributed by atoms with Crippen LogP contribution in [0.2, 0.25) is 0 Å². The molecule has 2 heterocycles. The van der Waals surface area contributed by atoms with Crippen molar-refractivity contribution in [3.8, 4) is 5.75 Å². The van der Waals surface area contributed by atoms with Crippen molar-refractivity contribution in [2.75, 3.05) is 33.4 Å². The van der Waals surface area contributed by atoms with Crippen LogP contribution in [0.25, 0.3) is 11.0 Å². The first kappa shape index (κ1) is 22.0. The number of carbonyl (C=O) groups excluding carboxylic acids is 1. The molecule has 0 aliphatic carbocycles. The number of carbonyl (C=O) groups is 1. The lowest BCUT2D eigenvalue weighted by Crippen LogP contribution is -2.33. The van der Waals surface area contributed by atoms with Crippen LogP contribution in [0.1, 0.15) is 30.0 Å². The predicted octanol–water partition coefficient (Wildman–Crippen LogP) is 4.50. The van der Waals surface area contributed by atoms with E-state index in [1.54, 1.807) is 13.2 Å². The fourth-order valence-electron chi connectivity index (χ4n) is 4.05. The molecule has 1 aromatic heterocycles. The molecule has 7 heteroatoms. The van der Waals surface area contributed by atoms with Gasteiger partial charge in [0.25, 0.3) is 0 Å². The minimum atomic E-state index is -0.312. The van der Waals surface area contributed by atoms with Crippen LogP contribution in [-0.2, 0) is 16.0 Å². The van der Waals surface area contributed by atoms with Gasteiger partial charge in [-0.25, -0.2) is 4.39 Å². The van der Waals surface area contributed by atoms with Crippen LogP contribution >= 0.6 is 0 Å². The Morgan fingerprint density at radius 2 is 2.06 bits per heavy atom. The van der Waals surface area contributed by atoms with Crippen LogP contribution in [0.3, 0.4) is 0 Å². The van der Waals surface area contributed by atoms with Crippen molar-refractivity contribution in [1.29, 1.82) is 0 Å². The first-order valence-electron chi connectivity index (χ1n) is 10.8. The molecule has 0 unspecified atom stereocenters. The van der Waals surface area contributed by atoms with Crippen molar-refractivity contribution in [2.45, 2.75) is 25.2 Å². The zero-order valence-corrected chi connectivity index (χ0v) is 18.1. The van der Waals surface area contributed by atoms with Gasteiger partial charge in [-0.2, -0.15) is 0 Å². The van der Waals surface area contributed by atoms with E-state index in [0.29, 0.717) is 11.5 Å². The summed E-state index contributed by atoms with van der Waals surface area (Å²) < 4.78 is 29.1. The Kier molecular flexibility index (Phi) is 7.17. The maximum atomic E-state index is 13.3. The average molecular weight is 438 g/mol. The van der Waals surface area contributed by atoms with Gasteiger partial charge in [0.05, 0.1) is 19.2 Å². The number of piperidine rings is 1. The van der Waals surface area contributed by atoms with Crippen LogP contribution < -0.4 is 4.74 Å². The first-order chi connectivity index (χ1) is 15.6. The minimum Gasteiger partial charge on any atom is -0.497 e. The Labute approximate surface area is 186 Å². The highest BCUT2D eigenvalue weighted by Crippen LogP contribution is 2.32. The van der Waals surface area contributed by atoms with Crippen LogP contribution in [0, 0.1) is 5.82 Å². The zero-order valence-electron chi connectivity index (χ0n) is 18.1. The second-order valence-electron chi connectivity index (χ2n) is 7.97. The number of benzene rings is 2. The summed E-state index contributed by atoms with van der Waals surface area (Å²) in [7, 11) is 1.60. The maximum absolute atomic E-state index is 13.3. The third-order valence-electron chi connectivity index (χ3n) is 5.79. The summed E-state index contributed by atoms with van der Waals surface area (Å²) in [5, 5.41) is 5.10. The van der Waals surface area contributed by atoms with Crippen LogP contribution in [0.4, 0.5) is 4.39 Å². The molecule has 1 fully saturated rings. The summed E-state index contributed by atoms with van der Waals surface area (Å²) in [6.45, 7) is 2.96. The molecule has 168 valence electrons. The number of likely N-dealkylation sites (tertiary alicyclic amines) is 1. The smallest absolute Gasteiger partial charge is 0.310 e. The second kappa shape index (κ2) is 10.4. The van der Waals surface area contributed by atoms with E-state index in [4.69, 9.17) is 14.0 Å². The summed E-state index contributed by atoms with van der Waals surface area (Å²) in [6.07, 6.45) is 6.09. The molecule has 6 nitrogen and oxygen atoms in total. The molecule has 1 aliphatic rings. The number of halogens is 1. The average Bonchev–Trinajstić information content (AvgIpc) is 3.22. The summed E-state index contributed by atoms with van der Waals surface area (Å²) in [6, 6.07) is 12.0. The van der Waals surface area contributed by atoms with E-state index in [0.717, 1.165) is 54.9 Å². The van der Waals surface area contributed by atoms with Crippen molar-refractivity contribution in [2.24, 2.45) is 0 Å². The van der Waals surface area contributed by atoms with Gasteiger partial charge in [-0.3, -0.25) is 9.69 Å². The SMILES string of the molecule is COc1cccc(CC(=O)OCC=CCN2CCC(c3noc4cc(F)ccc34)CC2)c1. The van der Waals surface area contributed by atoms with Gasteiger partial charge in [-0.15, -0.1) is 0 Å². The lowest BCUT2D eigenvalue weighted by Gasteiger charge is -2.30. The monoisotopic (exact) mass is 438 g/mol. The van der Waals surface area contributed by atoms with Crippen LogP contribution in [0.15, 0.2) is 59.1 Å². The van der Waals surface area contributed by atoms with Gasteiger partial charge in [0.2, 0.25) is 0 Å². The normalized spacial score (nSPS) is 15.4. The molecular formula is C25H27FN2O4. The number of methoxy groups -OCH3 is 1. The number of fused-ring (bicyclic) bond motifs is 1. The molecule has 0 atom stereocenters. The summed E-state index contributed by atoms with van der Waals surface area (Å²) in [5.74, 6) is 0.473. The van der Waals surface area contributed by atoms with Gasteiger partial charge < -0.3 is 14.0 Å². The number of aromatic nitrogens is 1. The molecule has 1 aliphatic heterocycles. The highest BCUT2D eigenvalue weighted by molar-refractivity contribution is 5.79. The summed E-state index contributed by atoms with van der Waals surface area (Å²) in [5.41, 5.74) is 2.30. The Morgan fingerprint density at radius 3 is 2.88 bits per heavy atom. The summed E-state index contributed by atoms with van der Waals surface area (Å²) in [4.78, 5) is 14.3. The topological polar surface area (TPSA) is 64.8 Å². The quantitative estimate of drug-likeness (QED) is 0.381. The molecule has 0 bridgehead atoms. The summed E-state index contributed by atoms with van der Waals surface area (Å²) >= 11 is 0. The number of hydrogen-bond donors (Lipinski definition) is 0. The standard InChI is InChI=1S/C25H27FN2O4/c1-30-21-6-4-5-18(15-21)16-24(29)31-14-3-2-11-28-12-9-19(10-13-28)25-22-8-7-20(26)17-23(22)32-27-25/h2-8,15,17,19H,9-14,16H2,1H3. The number of esters is 1. The van der Waals surface area contributed by atoms with E-state index in [1.807, 2.05) is 36.4 Å². The van der Waals surface area contributed by atoms with Gasteiger partial charge in [0.1, 0.15) is 18.2 Å². The lowest BCUT2D eigenvalue weighted by molar-refractivity contribution is -0.141. The van der Waals surface area contributed by atoms with Gasteiger partial charge in [-0.05, 0) is 61.8 Å². The van der Waals surface area contributed by atoms with E-state index in [2.05, 4.69) is 10.1 Å². The second-order valence-corrected chi connectivity index (χ2v) is 7.97. The Bertz CT molecular complexity index is 1090. The molecular weight excluding hydrogens is 411 g/mol. The third-order valence-corrected chi connectivity index (χ3v) is 5.79. The first-order valence-corrected chi connectivity index (χ1v) is 10.8. The van der Waals surface area contributed by atoms with Crippen molar-refractivity contribution >= 4 is 16.9 Å². The highest BCUT2D eigenvalue weighted by atomic mass is 19.1. The van der Waals surface area contributed by atoms with Gasteiger partial charge in [-0.1, -0.05) is 23.4 Å². The fourth-order valence-corrected chi connectivity index (χ4v) is 4.05. The van der Waals surface area contributed by atoms with E-state index in [1.165, 1.54) is 12.1 Å². The van der Waals surface area contributed by atoms with Gasteiger partial charge >= 0.3 is 5.97 Å². The van der Waals surface area contributed by atoms with E-state index in [9.17, 15) is 9.18 Å². The molecule has 1 saturated heterocycles. The number of ether oxygens (including phenoxy) is 2. The van der Waals surface area contributed by atoms with Gasteiger partial charge in [0, 0.05) is 23.9 Å². The molecule has 2 aromatic carbocycles. The molecule has 0 radical (unpaired) electrons. The Balaban J connectivity index is 1.17. The third kappa shape index (κ3) is 5.53. The van der Waals surface area contributed by atoms with Crippen LogP contribution in [-0.4, -0.2) is 49.4 Å². The van der Waals surface area contributed by atoms with E-state index >= 15 is 0 Å². The van der Waals surface area contributed by atoms with Crippen LogP contribution in [0.5, 0.6) is 5.75 Å². The van der Waals surface area contributed by atoms with E-state index in [-0.39, 0.29) is 24.8 Å². The Morgan fingerprint density at radius 1 is 1.22 bits per heavy atom. The minimum absolute atomic E-state index is 0.224. The van der Waals surface area contributed by atoms with E-state index < -0.39 is 0 Å². The Hall–Kier alpha value is -3.19. The molecule has 0 amide bonds. The molecule has 0 N–H and O–H groups in total. The fraction of sp³-hybridized carbons (Fsp3) is 0.360.